The highest BCUT2D eigenvalue weighted by atomic mass is 32.2. The number of carbonyl (C=O) groups excluding carboxylic acids is 1. The van der Waals surface area contributed by atoms with Crippen LogP contribution in [0.4, 0.5) is 5.13 Å². The van der Waals surface area contributed by atoms with E-state index in [4.69, 9.17) is 0 Å². The smallest absolute Gasteiger partial charge is 0.299 e. The van der Waals surface area contributed by atoms with E-state index in [0.717, 1.165) is 20.0 Å². The molecule has 0 fully saturated rings. The van der Waals surface area contributed by atoms with E-state index in [1.54, 1.807) is 0 Å². The van der Waals surface area contributed by atoms with Crippen molar-refractivity contribution in [3.63, 3.8) is 0 Å². The second-order valence-electron chi connectivity index (χ2n) is 8.36. The van der Waals surface area contributed by atoms with Crippen LogP contribution in [-0.2, 0) is 35.3 Å². The molecule has 188 valence electrons. The molecule has 36 heavy (non-hydrogen) atoms. The lowest BCUT2D eigenvalue weighted by atomic mass is 10.1. The summed E-state index contributed by atoms with van der Waals surface area (Å²) in [5.41, 5.74) is 1.39. The van der Waals surface area contributed by atoms with Gasteiger partial charge in [-0.2, -0.15) is 4.31 Å². The number of amides is 1. The molecule has 0 atom stereocenters. The van der Waals surface area contributed by atoms with E-state index in [1.807, 2.05) is 31.2 Å². The van der Waals surface area contributed by atoms with Gasteiger partial charge in [0, 0.05) is 27.6 Å². The fourth-order valence-electron chi connectivity index (χ4n) is 3.62. The van der Waals surface area contributed by atoms with Gasteiger partial charge in [-0.1, -0.05) is 41.2 Å². The zero-order valence-corrected chi connectivity index (χ0v) is 21.7. The number of likely N-dealkylation sites (N-methyl/N-ethyl adjacent to an activating group) is 1. The Morgan fingerprint density at radius 3 is 2.44 bits per heavy atom. The highest BCUT2D eigenvalue weighted by molar-refractivity contribution is 7.89. The van der Waals surface area contributed by atoms with Gasteiger partial charge in [0.25, 0.3) is 5.56 Å². The SMILES string of the molecule is Cc1ccc(Cc2nnc(NC(=O)CN(C)S(=O)(=O)c3ccc4c(c3)c(=O)n(C)c(=O)n4C)s2)cc1. The Bertz CT molecular complexity index is 1690. The van der Waals surface area contributed by atoms with E-state index in [9.17, 15) is 22.8 Å². The summed E-state index contributed by atoms with van der Waals surface area (Å²) in [6.07, 6.45) is 0.565. The number of hydrogen-bond acceptors (Lipinski definition) is 8. The Balaban J connectivity index is 1.47. The fraction of sp³-hybridized carbons (Fsp3) is 0.261. The molecule has 1 amide bonds. The number of fused-ring (bicyclic) bond motifs is 1. The van der Waals surface area contributed by atoms with E-state index in [0.29, 0.717) is 16.9 Å². The van der Waals surface area contributed by atoms with Crippen LogP contribution in [-0.4, -0.2) is 51.6 Å². The van der Waals surface area contributed by atoms with Crippen LogP contribution in [0.3, 0.4) is 0 Å². The van der Waals surface area contributed by atoms with Gasteiger partial charge in [0.05, 0.1) is 22.3 Å². The molecule has 0 spiro atoms. The van der Waals surface area contributed by atoms with Crippen molar-refractivity contribution < 1.29 is 13.2 Å². The maximum atomic E-state index is 13.1. The monoisotopic (exact) mass is 528 g/mol. The van der Waals surface area contributed by atoms with Crippen LogP contribution in [0.1, 0.15) is 16.1 Å². The van der Waals surface area contributed by atoms with Crippen LogP contribution < -0.4 is 16.6 Å². The number of sulfonamides is 1. The van der Waals surface area contributed by atoms with Gasteiger partial charge in [-0.25, -0.2) is 13.2 Å². The molecular weight excluding hydrogens is 504 g/mol. The van der Waals surface area contributed by atoms with Crippen LogP contribution in [0.2, 0.25) is 0 Å². The van der Waals surface area contributed by atoms with E-state index >= 15 is 0 Å². The number of anilines is 1. The molecule has 2 aromatic carbocycles. The highest BCUT2D eigenvalue weighted by Gasteiger charge is 2.25. The molecule has 13 heteroatoms. The second-order valence-corrected chi connectivity index (χ2v) is 11.5. The first-order valence-electron chi connectivity index (χ1n) is 10.8. The predicted octanol–water partition coefficient (Wildman–Crippen LogP) is 1.25. The van der Waals surface area contributed by atoms with Gasteiger partial charge in [-0.05, 0) is 30.7 Å². The van der Waals surface area contributed by atoms with Crippen LogP contribution in [0.5, 0.6) is 0 Å². The van der Waals surface area contributed by atoms with Gasteiger partial charge in [0.2, 0.25) is 21.1 Å². The largest absolute Gasteiger partial charge is 0.330 e. The minimum atomic E-state index is -4.11. The molecule has 0 aliphatic carbocycles. The Labute approximate surface area is 210 Å². The second kappa shape index (κ2) is 9.76. The number of carbonyl (C=O) groups is 1. The Hall–Kier alpha value is -3.68. The number of benzene rings is 2. The Morgan fingerprint density at radius 2 is 1.75 bits per heavy atom. The third-order valence-corrected chi connectivity index (χ3v) is 8.34. The van der Waals surface area contributed by atoms with Gasteiger partial charge in [0.15, 0.2) is 0 Å². The minimum absolute atomic E-state index is 0.0773. The lowest BCUT2D eigenvalue weighted by Crippen LogP contribution is -2.37. The number of hydrogen-bond donors (Lipinski definition) is 1. The minimum Gasteiger partial charge on any atom is -0.299 e. The summed E-state index contributed by atoms with van der Waals surface area (Å²) in [7, 11) is -0.0250. The number of rotatable bonds is 7. The van der Waals surface area contributed by atoms with E-state index < -0.39 is 33.7 Å². The predicted molar refractivity (Wildman–Crippen MR) is 137 cm³/mol. The number of aryl methyl sites for hydroxylation is 2. The summed E-state index contributed by atoms with van der Waals surface area (Å²) in [6.45, 7) is 1.53. The van der Waals surface area contributed by atoms with Crippen molar-refractivity contribution in [2.24, 2.45) is 14.1 Å². The zero-order valence-electron chi connectivity index (χ0n) is 20.0. The van der Waals surface area contributed by atoms with E-state index in [1.165, 1.54) is 55.2 Å². The normalized spacial score (nSPS) is 11.8. The third-order valence-electron chi connectivity index (χ3n) is 5.70. The van der Waals surface area contributed by atoms with Crippen molar-refractivity contribution in [2.75, 3.05) is 18.9 Å². The number of nitrogens with zero attached hydrogens (tertiary/aromatic N) is 5. The van der Waals surface area contributed by atoms with Crippen molar-refractivity contribution in [1.29, 1.82) is 0 Å². The molecule has 0 saturated carbocycles. The fourth-order valence-corrected chi connectivity index (χ4v) is 5.56. The average Bonchev–Trinajstić information content (AvgIpc) is 3.28. The quantitative estimate of drug-likeness (QED) is 0.381. The third kappa shape index (κ3) is 4.98. The molecule has 0 bridgehead atoms. The van der Waals surface area contributed by atoms with Gasteiger partial charge in [-0.3, -0.25) is 24.0 Å². The summed E-state index contributed by atoms with van der Waals surface area (Å²) in [6, 6.07) is 11.9. The molecule has 4 rings (SSSR count). The first kappa shape index (κ1) is 25.4. The van der Waals surface area contributed by atoms with Crippen LogP contribution in [0.25, 0.3) is 10.9 Å². The van der Waals surface area contributed by atoms with E-state index in [2.05, 4.69) is 15.5 Å². The van der Waals surface area contributed by atoms with Gasteiger partial charge >= 0.3 is 5.69 Å². The molecule has 11 nitrogen and oxygen atoms in total. The van der Waals surface area contributed by atoms with Crippen molar-refractivity contribution in [3.8, 4) is 0 Å². The lowest BCUT2D eigenvalue weighted by molar-refractivity contribution is -0.116. The molecule has 2 heterocycles. The summed E-state index contributed by atoms with van der Waals surface area (Å²) < 4.78 is 29.2. The molecule has 0 aliphatic rings. The zero-order chi connectivity index (χ0) is 26.2. The summed E-state index contributed by atoms with van der Waals surface area (Å²) in [5.74, 6) is -0.585. The standard InChI is InChI=1S/C23H24N6O5S2/c1-14-5-7-15(8-6-14)11-20-25-26-22(35-20)24-19(30)13-27(2)36(33,34)16-9-10-18-17(12-16)21(31)29(4)23(32)28(18)3/h5-10,12H,11,13H2,1-4H3,(H,24,26,30). The van der Waals surface area contributed by atoms with Crippen molar-refractivity contribution in [1.82, 2.24) is 23.6 Å². The number of aromatic nitrogens is 4. The first-order chi connectivity index (χ1) is 17.0. The lowest BCUT2D eigenvalue weighted by Gasteiger charge is -2.17. The average molecular weight is 529 g/mol. The molecule has 0 saturated heterocycles. The van der Waals surface area contributed by atoms with Crippen LogP contribution in [0.15, 0.2) is 56.9 Å². The molecule has 0 aliphatic heterocycles. The Morgan fingerprint density at radius 1 is 1.06 bits per heavy atom. The molecule has 2 aromatic heterocycles. The molecule has 1 N–H and O–H groups in total. The summed E-state index contributed by atoms with van der Waals surface area (Å²) in [4.78, 5) is 37.0. The van der Waals surface area contributed by atoms with E-state index in [-0.39, 0.29) is 15.4 Å². The highest BCUT2D eigenvalue weighted by Crippen LogP contribution is 2.21. The van der Waals surface area contributed by atoms with Gasteiger partial charge in [0.1, 0.15) is 5.01 Å². The number of nitrogens with one attached hydrogen (secondary N) is 1. The van der Waals surface area contributed by atoms with Crippen molar-refractivity contribution >= 4 is 43.3 Å². The first-order valence-corrected chi connectivity index (χ1v) is 13.1. The van der Waals surface area contributed by atoms with Crippen molar-refractivity contribution in [3.05, 3.63) is 79.4 Å². The summed E-state index contributed by atoms with van der Waals surface area (Å²) in [5, 5.41) is 11.7. The van der Waals surface area contributed by atoms with Gasteiger partial charge < -0.3 is 0 Å². The van der Waals surface area contributed by atoms with Crippen molar-refractivity contribution in [2.45, 2.75) is 18.2 Å². The van der Waals surface area contributed by atoms with Gasteiger partial charge in [-0.15, -0.1) is 10.2 Å². The Kier molecular flexibility index (Phi) is 6.89. The van der Waals surface area contributed by atoms with Crippen LogP contribution in [0, 0.1) is 6.92 Å². The topological polar surface area (TPSA) is 136 Å². The summed E-state index contributed by atoms with van der Waals surface area (Å²) >= 11 is 1.21. The molecular formula is C23H24N6O5S2. The molecule has 0 radical (unpaired) electrons. The maximum absolute atomic E-state index is 13.1. The maximum Gasteiger partial charge on any atom is 0.330 e. The molecule has 0 unspecified atom stereocenters. The van der Waals surface area contributed by atoms with Crippen LogP contribution >= 0.6 is 11.3 Å². The molecule has 4 aromatic rings.